The maximum Gasteiger partial charge on any atom is 0.358 e. The summed E-state index contributed by atoms with van der Waals surface area (Å²) in [6.07, 6.45) is 4.21. The van der Waals surface area contributed by atoms with Gasteiger partial charge in [-0.15, -0.1) is 11.3 Å². The molecule has 1 saturated heterocycles. The second-order valence-electron chi connectivity index (χ2n) is 8.48. The summed E-state index contributed by atoms with van der Waals surface area (Å²) >= 11 is 1.41. The number of aryl methyl sites for hydroxylation is 1. The standard InChI is InChI=1S/C26H22N6O2S/c1-15-3-2-4-21(31-15)24-23(29-14-30-24)16-5-6-20-17(9-16)10-18(11-28-20)25-32-22(13-35-25)26(33)34-19-7-8-27-12-19/h2-6,9-11,13-14,19,27H,7-8,12H2,1H3,(H,29,30). The number of nitrogens with zero attached hydrogens (tertiary/aromatic N) is 4. The van der Waals surface area contributed by atoms with Gasteiger partial charge in [0.15, 0.2) is 5.69 Å². The fourth-order valence-electron chi connectivity index (χ4n) is 4.23. The largest absolute Gasteiger partial charge is 0.456 e. The highest BCUT2D eigenvalue weighted by Gasteiger charge is 2.22. The number of pyridine rings is 2. The molecule has 5 heterocycles. The first kappa shape index (κ1) is 21.6. The summed E-state index contributed by atoms with van der Waals surface area (Å²) in [5.74, 6) is -0.381. The number of ether oxygens (including phenoxy) is 1. The molecule has 6 rings (SSSR count). The molecule has 174 valence electrons. The molecule has 0 bridgehead atoms. The fourth-order valence-corrected chi connectivity index (χ4v) is 5.00. The Bertz CT molecular complexity index is 1540. The third-order valence-corrected chi connectivity index (χ3v) is 6.88. The smallest absolute Gasteiger partial charge is 0.358 e. The number of H-pyrrole nitrogens is 1. The first-order valence-corrected chi connectivity index (χ1v) is 12.3. The maximum absolute atomic E-state index is 12.5. The number of carbonyl (C=O) groups is 1. The highest BCUT2D eigenvalue weighted by atomic mass is 32.1. The van der Waals surface area contributed by atoms with Crippen LogP contribution in [0.25, 0.3) is 44.1 Å². The fraction of sp³-hybridized carbons (Fsp3) is 0.192. The Morgan fingerprint density at radius 1 is 1.11 bits per heavy atom. The minimum absolute atomic E-state index is 0.0876. The zero-order chi connectivity index (χ0) is 23.8. The van der Waals surface area contributed by atoms with Crippen molar-refractivity contribution in [3.63, 3.8) is 0 Å². The molecule has 1 fully saturated rings. The van der Waals surface area contributed by atoms with E-state index in [-0.39, 0.29) is 12.1 Å². The summed E-state index contributed by atoms with van der Waals surface area (Å²) in [5, 5.41) is 6.62. The van der Waals surface area contributed by atoms with Crippen LogP contribution in [-0.2, 0) is 4.74 Å². The number of hydrogen-bond donors (Lipinski definition) is 2. The number of nitrogens with one attached hydrogen (secondary N) is 2. The van der Waals surface area contributed by atoms with Crippen LogP contribution < -0.4 is 5.32 Å². The molecule has 1 aliphatic heterocycles. The van der Waals surface area contributed by atoms with Gasteiger partial charge in [-0.05, 0) is 50.2 Å². The number of fused-ring (bicyclic) bond motifs is 1. The molecule has 5 aromatic rings. The number of thiazole rings is 1. The first-order chi connectivity index (χ1) is 17.1. The molecule has 2 N–H and O–H groups in total. The number of esters is 1. The molecule has 0 saturated carbocycles. The van der Waals surface area contributed by atoms with E-state index >= 15 is 0 Å². The van der Waals surface area contributed by atoms with Gasteiger partial charge in [-0.25, -0.2) is 14.8 Å². The van der Waals surface area contributed by atoms with E-state index in [9.17, 15) is 4.79 Å². The molecule has 35 heavy (non-hydrogen) atoms. The van der Waals surface area contributed by atoms with E-state index in [1.54, 1.807) is 17.9 Å². The lowest BCUT2D eigenvalue weighted by Gasteiger charge is -2.08. The van der Waals surface area contributed by atoms with Crippen molar-refractivity contribution < 1.29 is 9.53 Å². The van der Waals surface area contributed by atoms with E-state index in [2.05, 4.69) is 36.3 Å². The van der Waals surface area contributed by atoms with Crippen molar-refractivity contribution in [1.29, 1.82) is 0 Å². The van der Waals surface area contributed by atoms with Gasteiger partial charge in [0.2, 0.25) is 0 Å². The van der Waals surface area contributed by atoms with Gasteiger partial charge in [0, 0.05) is 40.3 Å². The molecule has 9 heteroatoms. The highest BCUT2D eigenvalue weighted by molar-refractivity contribution is 7.13. The molecule has 1 unspecified atom stereocenters. The number of carbonyl (C=O) groups excluding carboxylic acids is 1. The summed E-state index contributed by atoms with van der Waals surface area (Å²) in [4.78, 5) is 34.0. The Labute approximate surface area is 205 Å². The summed E-state index contributed by atoms with van der Waals surface area (Å²) in [5.41, 5.74) is 6.51. The molecular weight excluding hydrogens is 460 g/mol. The lowest BCUT2D eigenvalue weighted by molar-refractivity contribution is 0.0338. The van der Waals surface area contributed by atoms with Crippen molar-refractivity contribution in [1.82, 2.24) is 30.2 Å². The van der Waals surface area contributed by atoms with E-state index in [0.29, 0.717) is 12.2 Å². The number of rotatable bonds is 5. The van der Waals surface area contributed by atoms with Gasteiger partial charge in [-0.2, -0.15) is 0 Å². The summed E-state index contributed by atoms with van der Waals surface area (Å²) < 4.78 is 5.54. The molecule has 0 radical (unpaired) electrons. The van der Waals surface area contributed by atoms with Crippen LogP contribution in [0.15, 0.2) is 60.4 Å². The summed E-state index contributed by atoms with van der Waals surface area (Å²) in [7, 11) is 0. The average Bonchev–Trinajstić information content (AvgIpc) is 3.65. The van der Waals surface area contributed by atoms with Gasteiger partial charge >= 0.3 is 5.97 Å². The predicted molar refractivity (Wildman–Crippen MR) is 135 cm³/mol. The minimum atomic E-state index is -0.381. The van der Waals surface area contributed by atoms with Crippen LogP contribution in [0.3, 0.4) is 0 Å². The van der Waals surface area contributed by atoms with Crippen LogP contribution >= 0.6 is 11.3 Å². The van der Waals surface area contributed by atoms with E-state index in [0.717, 1.165) is 62.8 Å². The molecule has 0 spiro atoms. The van der Waals surface area contributed by atoms with Crippen LogP contribution in [0.4, 0.5) is 0 Å². The van der Waals surface area contributed by atoms with Crippen molar-refractivity contribution >= 4 is 28.2 Å². The quantitative estimate of drug-likeness (QED) is 0.352. The van der Waals surface area contributed by atoms with Crippen LogP contribution in [0.5, 0.6) is 0 Å². The van der Waals surface area contributed by atoms with Gasteiger partial charge in [0.05, 0.1) is 28.9 Å². The van der Waals surface area contributed by atoms with Gasteiger partial charge in [0.25, 0.3) is 0 Å². The van der Waals surface area contributed by atoms with Crippen LogP contribution in [0.2, 0.25) is 0 Å². The zero-order valence-electron chi connectivity index (χ0n) is 19.0. The number of aromatic amines is 1. The Kier molecular flexibility index (Phi) is 5.55. The monoisotopic (exact) mass is 482 g/mol. The third kappa shape index (κ3) is 4.31. The normalized spacial score (nSPS) is 15.5. The Morgan fingerprint density at radius 3 is 2.89 bits per heavy atom. The zero-order valence-corrected chi connectivity index (χ0v) is 19.8. The molecule has 0 aliphatic carbocycles. The van der Waals surface area contributed by atoms with E-state index in [1.165, 1.54) is 11.3 Å². The van der Waals surface area contributed by atoms with Crippen LogP contribution in [0, 0.1) is 6.92 Å². The van der Waals surface area contributed by atoms with E-state index < -0.39 is 0 Å². The lowest BCUT2D eigenvalue weighted by atomic mass is 10.0. The van der Waals surface area contributed by atoms with Crippen molar-refractivity contribution in [3.8, 4) is 33.2 Å². The molecular formula is C26H22N6O2S. The van der Waals surface area contributed by atoms with Crippen LogP contribution in [0.1, 0.15) is 22.6 Å². The van der Waals surface area contributed by atoms with Crippen molar-refractivity contribution in [2.45, 2.75) is 19.4 Å². The number of imidazole rings is 1. The Morgan fingerprint density at radius 2 is 2.03 bits per heavy atom. The summed E-state index contributed by atoms with van der Waals surface area (Å²) in [6, 6.07) is 14.0. The Balaban J connectivity index is 1.31. The molecule has 8 nitrogen and oxygen atoms in total. The summed E-state index contributed by atoms with van der Waals surface area (Å²) in [6.45, 7) is 3.53. The molecule has 1 aromatic carbocycles. The number of aromatic nitrogens is 5. The Hall–Kier alpha value is -3.95. The van der Waals surface area contributed by atoms with E-state index in [1.807, 2.05) is 43.3 Å². The van der Waals surface area contributed by atoms with Crippen molar-refractivity contribution in [2.24, 2.45) is 0 Å². The average molecular weight is 483 g/mol. The van der Waals surface area contributed by atoms with Crippen LogP contribution in [-0.4, -0.2) is 50.1 Å². The van der Waals surface area contributed by atoms with Gasteiger partial charge < -0.3 is 15.0 Å². The van der Waals surface area contributed by atoms with Crippen molar-refractivity contribution in [2.75, 3.05) is 13.1 Å². The molecule has 1 atom stereocenters. The van der Waals surface area contributed by atoms with Gasteiger partial charge in [0.1, 0.15) is 11.1 Å². The molecule has 4 aromatic heterocycles. The minimum Gasteiger partial charge on any atom is -0.456 e. The van der Waals surface area contributed by atoms with Gasteiger partial charge in [-0.1, -0.05) is 12.1 Å². The predicted octanol–water partition coefficient (Wildman–Crippen LogP) is 4.64. The highest BCUT2D eigenvalue weighted by Crippen LogP contribution is 2.32. The maximum atomic E-state index is 12.5. The van der Waals surface area contributed by atoms with Gasteiger partial charge in [-0.3, -0.25) is 9.97 Å². The first-order valence-electron chi connectivity index (χ1n) is 11.4. The molecule has 1 aliphatic rings. The number of hydrogen-bond acceptors (Lipinski definition) is 8. The van der Waals surface area contributed by atoms with E-state index in [4.69, 9.17) is 4.74 Å². The topological polar surface area (TPSA) is 106 Å². The lowest BCUT2D eigenvalue weighted by Crippen LogP contribution is -2.21. The third-order valence-electron chi connectivity index (χ3n) is 5.99. The van der Waals surface area contributed by atoms with Crippen molar-refractivity contribution in [3.05, 3.63) is 71.8 Å². The SMILES string of the molecule is Cc1cccc(-c2[nH]cnc2-c2ccc3ncc(-c4nc(C(=O)OC5CCNC5)cs4)cc3c2)n1. The molecule has 0 amide bonds. The number of benzene rings is 1. The second-order valence-corrected chi connectivity index (χ2v) is 9.34. The second kappa shape index (κ2) is 9.01.